The second-order valence-electron chi connectivity index (χ2n) is 8.27. The van der Waals surface area contributed by atoms with Crippen molar-refractivity contribution in [1.82, 2.24) is 9.80 Å². The highest BCUT2D eigenvalue weighted by molar-refractivity contribution is 5.93. The smallest absolute Gasteiger partial charge is 0.275 e. The van der Waals surface area contributed by atoms with Crippen molar-refractivity contribution in [3.05, 3.63) is 39.9 Å². The third kappa shape index (κ3) is 2.34. The molecule has 6 heteroatoms. The second-order valence-corrected chi connectivity index (χ2v) is 8.27. The summed E-state index contributed by atoms with van der Waals surface area (Å²) in [6.07, 6.45) is 2.98. The average Bonchev–Trinajstić information content (AvgIpc) is 2.57. The molecular formula is C19H25N3O3. The van der Waals surface area contributed by atoms with Gasteiger partial charge in [-0.2, -0.15) is 0 Å². The predicted molar refractivity (Wildman–Crippen MR) is 94.1 cm³/mol. The van der Waals surface area contributed by atoms with Gasteiger partial charge in [0.1, 0.15) is 5.78 Å². The molecule has 5 rings (SSSR count). The summed E-state index contributed by atoms with van der Waals surface area (Å²) in [6.45, 7) is 7.09. The highest BCUT2D eigenvalue weighted by Crippen LogP contribution is 2.54. The molecule has 6 nitrogen and oxygen atoms in total. The second kappa shape index (κ2) is 5.61. The van der Waals surface area contributed by atoms with Gasteiger partial charge in [0, 0.05) is 32.2 Å². The summed E-state index contributed by atoms with van der Waals surface area (Å²) in [7, 11) is 0. The molecule has 2 atom stereocenters. The fraction of sp³-hybridized carbons (Fsp3) is 0.632. The first-order valence-corrected chi connectivity index (χ1v) is 9.17. The van der Waals surface area contributed by atoms with E-state index in [1.54, 1.807) is 12.1 Å². The molecule has 1 aromatic carbocycles. The van der Waals surface area contributed by atoms with Crippen LogP contribution in [0, 0.1) is 20.9 Å². The number of rotatable bonds is 5. The minimum atomic E-state index is -0.343. The van der Waals surface area contributed by atoms with Gasteiger partial charge in [0.05, 0.1) is 27.5 Å². The number of nitrogens with zero attached hydrogens (tertiary/aromatic N) is 3. The van der Waals surface area contributed by atoms with Crippen LogP contribution in [0.1, 0.15) is 44.8 Å². The van der Waals surface area contributed by atoms with Gasteiger partial charge in [-0.15, -0.1) is 0 Å². The van der Waals surface area contributed by atoms with Crippen molar-refractivity contribution < 1.29 is 9.72 Å². The van der Waals surface area contributed by atoms with Crippen molar-refractivity contribution >= 4 is 11.5 Å². The zero-order valence-electron chi connectivity index (χ0n) is 14.9. The van der Waals surface area contributed by atoms with E-state index in [9.17, 15) is 14.9 Å². The predicted octanol–water partition coefficient (Wildman–Crippen LogP) is 2.99. The molecule has 0 aromatic heterocycles. The van der Waals surface area contributed by atoms with Crippen molar-refractivity contribution in [2.45, 2.75) is 39.3 Å². The molecule has 4 aliphatic heterocycles. The highest BCUT2D eigenvalue weighted by atomic mass is 16.6. The van der Waals surface area contributed by atoms with Crippen molar-refractivity contribution in [2.75, 3.05) is 26.2 Å². The summed E-state index contributed by atoms with van der Waals surface area (Å²) < 4.78 is 0. The molecule has 4 aliphatic rings. The topological polar surface area (TPSA) is 66.7 Å². The third-order valence-corrected chi connectivity index (χ3v) is 6.26. The van der Waals surface area contributed by atoms with Gasteiger partial charge in [-0.25, -0.2) is 0 Å². The monoisotopic (exact) mass is 343 g/mol. The lowest BCUT2D eigenvalue weighted by Gasteiger charge is -2.65. The molecule has 0 saturated carbocycles. The maximum absolute atomic E-state index is 13.2. The fourth-order valence-electron chi connectivity index (χ4n) is 5.44. The van der Waals surface area contributed by atoms with Crippen LogP contribution in [0.4, 0.5) is 5.69 Å². The molecule has 0 radical (unpaired) electrons. The molecule has 4 saturated heterocycles. The Hall–Kier alpha value is -1.79. The minimum Gasteiger partial charge on any atom is -0.298 e. The quantitative estimate of drug-likeness (QED) is 0.607. The normalized spacial score (nSPS) is 39.0. The van der Waals surface area contributed by atoms with Gasteiger partial charge in [-0.05, 0) is 12.5 Å². The van der Waals surface area contributed by atoms with Crippen LogP contribution in [0.15, 0.2) is 24.3 Å². The van der Waals surface area contributed by atoms with E-state index in [1.165, 1.54) is 0 Å². The number of Topliss-reactive ketones (excluding diaryl/α,β-unsaturated/α-hetero) is 1. The number of ketones is 1. The Morgan fingerprint density at radius 1 is 1.20 bits per heavy atom. The largest absolute Gasteiger partial charge is 0.298 e. The number of hydrogen-bond acceptors (Lipinski definition) is 5. The molecule has 1 aromatic rings. The van der Waals surface area contributed by atoms with Gasteiger partial charge in [0.2, 0.25) is 0 Å². The molecule has 0 spiro atoms. The Labute approximate surface area is 147 Å². The van der Waals surface area contributed by atoms with Gasteiger partial charge in [-0.3, -0.25) is 24.7 Å². The van der Waals surface area contributed by atoms with Crippen molar-refractivity contribution in [3.8, 4) is 0 Å². The van der Waals surface area contributed by atoms with Crippen LogP contribution in [0.3, 0.4) is 0 Å². The van der Waals surface area contributed by atoms with E-state index >= 15 is 0 Å². The van der Waals surface area contributed by atoms with Crippen molar-refractivity contribution in [1.29, 1.82) is 0 Å². The highest BCUT2D eigenvalue weighted by Gasteiger charge is 2.63. The van der Waals surface area contributed by atoms with Gasteiger partial charge in [-0.1, -0.05) is 38.8 Å². The van der Waals surface area contributed by atoms with Crippen molar-refractivity contribution in [2.24, 2.45) is 10.8 Å². The van der Waals surface area contributed by atoms with Crippen LogP contribution in [0.2, 0.25) is 0 Å². The number of carbonyl (C=O) groups excluding carboxylic acids is 1. The maximum Gasteiger partial charge on any atom is 0.275 e. The molecule has 25 heavy (non-hydrogen) atoms. The van der Waals surface area contributed by atoms with Crippen LogP contribution < -0.4 is 0 Å². The summed E-state index contributed by atoms with van der Waals surface area (Å²) >= 11 is 0. The molecular weight excluding hydrogens is 318 g/mol. The SMILES string of the molecule is CCCCC12CN3CC(C)(CN(C1)C3c1ccccc1[N+](=O)[O-])C2=O. The first-order chi connectivity index (χ1) is 11.9. The van der Waals surface area contributed by atoms with Gasteiger partial charge < -0.3 is 0 Å². The standard InChI is InChI=1S/C19H25N3O3/c1-3-4-9-19-12-20-10-18(2,17(19)23)11-21(13-19)16(20)14-7-5-6-8-15(14)22(24)25/h5-8,16H,3-4,9-13H2,1-2H3. The number of piperidine rings is 2. The molecule has 0 N–H and O–H groups in total. The average molecular weight is 343 g/mol. The number of hydrogen-bond donors (Lipinski definition) is 0. The first-order valence-electron chi connectivity index (χ1n) is 9.17. The van der Waals surface area contributed by atoms with Gasteiger partial charge >= 0.3 is 0 Å². The Morgan fingerprint density at radius 2 is 1.84 bits per heavy atom. The third-order valence-electron chi connectivity index (χ3n) is 6.26. The van der Waals surface area contributed by atoms with E-state index in [0.29, 0.717) is 18.9 Å². The summed E-state index contributed by atoms with van der Waals surface area (Å²) in [5.41, 5.74) is 0.304. The first kappa shape index (κ1) is 16.7. The number of carbonyl (C=O) groups is 1. The Kier molecular flexibility index (Phi) is 3.74. The van der Waals surface area contributed by atoms with Gasteiger partial charge in [0.15, 0.2) is 0 Å². The zero-order chi connectivity index (χ0) is 17.8. The lowest BCUT2D eigenvalue weighted by Crippen LogP contribution is -2.76. The lowest BCUT2D eigenvalue weighted by atomic mass is 9.59. The van der Waals surface area contributed by atoms with E-state index in [4.69, 9.17) is 0 Å². The van der Waals surface area contributed by atoms with E-state index in [-0.39, 0.29) is 27.6 Å². The molecule has 134 valence electrons. The Morgan fingerprint density at radius 3 is 2.44 bits per heavy atom. The lowest BCUT2D eigenvalue weighted by molar-refractivity contribution is -0.386. The number of benzene rings is 1. The summed E-state index contributed by atoms with van der Waals surface area (Å²) in [5.74, 6) is 0.418. The number of para-hydroxylation sites is 1. The number of unbranched alkanes of at least 4 members (excludes halogenated alkanes) is 1. The molecule has 4 fully saturated rings. The van der Waals surface area contributed by atoms with E-state index in [2.05, 4.69) is 23.6 Å². The zero-order valence-corrected chi connectivity index (χ0v) is 14.9. The summed E-state index contributed by atoms with van der Waals surface area (Å²) in [5, 5.41) is 11.5. The minimum absolute atomic E-state index is 0.0856. The van der Waals surface area contributed by atoms with Crippen LogP contribution in [-0.2, 0) is 4.79 Å². The van der Waals surface area contributed by atoms with Crippen LogP contribution in [0.25, 0.3) is 0 Å². The molecule has 0 aliphatic carbocycles. The molecule has 0 amide bonds. The van der Waals surface area contributed by atoms with E-state index < -0.39 is 0 Å². The fourth-order valence-corrected chi connectivity index (χ4v) is 5.44. The molecule has 4 heterocycles. The number of nitro groups is 1. The maximum atomic E-state index is 13.2. The van der Waals surface area contributed by atoms with Gasteiger partial charge in [0.25, 0.3) is 5.69 Å². The molecule has 4 bridgehead atoms. The van der Waals surface area contributed by atoms with Crippen molar-refractivity contribution in [3.63, 3.8) is 0 Å². The van der Waals surface area contributed by atoms with Crippen LogP contribution in [-0.4, -0.2) is 46.7 Å². The van der Waals surface area contributed by atoms with Crippen LogP contribution >= 0.6 is 0 Å². The summed E-state index contributed by atoms with van der Waals surface area (Å²) in [4.78, 5) is 29.0. The Bertz CT molecular complexity index is 716. The number of nitro benzene ring substituents is 1. The Balaban J connectivity index is 1.73. The van der Waals surface area contributed by atoms with E-state index in [1.807, 2.05) is 12.1 Å². The van der Waals surface area contributed by atoms with Crippen LogP contribution in [0.5, 0.6) is 0 Å². The summed E-state index contributed by atoms with van der Waals surface area (Å²) in [6, 6.07) is 7.04. The molecule has 2 unspecified atom stereocenters. The van der Waals surface area contributed by atoms with E-state index in [0.717, 1.165) is 37.9 Å².